The van der Waals surface area contributed by atoms with Crippen molar-refractivity contribution in [3.63, 3.8) is 0 Å². The Kier molecular flexibility index (Phi) is 3.57. The predicted octanol–water partition coefficient (Wildman–Crippen LogP) is 1.96. The maximum Gasteiger partial charge on any atom is 0.154 e. The van der Waals surface area contributed by atoms with E-state index in [0.29, 0.717) is 0 Å². The summed E-state index contributed by atoms with van der Waals surface area (Å²) in [7, 11) is -3.13. The molecule has 1 aliphatic carbocycles. The van der Waals surface area contributed by atoms with Gasteiger partial charge in [-0.3, -0.25) is 0 Å². The monoisotopic (exact) mass is 266 g/mol. The number of carbonyl (C=O) groups is 1. The first kappa shape index (κ1) is 13.3. The second kappa shape index (κ2) is 4.84. The molecule has 0 N–H and O–H groups in total. The van der Waals surface area contributed by atoms with Gasteiger partial charge in [-0.05, 0) is 17.5 Å². The van der Waals surface area contributed by atoms with Crippen LogP contribution < -0.4 is 0 Å². The summed E-state index contributed by atoms with van der Waals surface area (Å²) in [5, 5.41) is -0.507. The van der Waals surface area contributed by atoms with E-state index >= 15 is 0 Å². The molecule has 0 spiro atoms. The molecule has 3 nitrogen and oxygen atoms in total. The number of aldehydes is 1. The number of carbonyl (C=O) groups excluding carboxylic acids is 1. The Hall–Kier alpha value is -1.16. The Morgan fingerprint density at radius 2 is 1.78 bits per heavy atom. The Morgan fingerprint density at radius 1 is 1.17 bits per heavy atom. The van der Waals surface area contributed by atoms with Crippen LogP contribution in [0.5, 0.6) is 0 Å². The summed E-state index contributed by atoms with van der Waals surface area (Å²) < 4.78 is 23.8. The number of hydrogen-bond acceptors (Lipinski definition) is 3. The molecule has 0 aliphatic heterocycles. The zero-order chi connectivity index (χ0) is 13.3. The first-order chi connectivity index (χ1) is 8.55. The maximum atomic E-state index is 11.9. The number of hydrogen-bond donors (Lipinski definition) is 0. The van der Waals surface area contributed by atoms with Crippen LogP contribution in [0, 0.1) is 5.92 Å². The average Bonchev–Trinajstić information content (AvgIpc) is 3.14. The molecule has 2 rings (SSSR count). The fourth-order valence-corrected chi connectivity index (χ4v) is 4.30. The predicted molar refractivity (Wildman–Crippen MR) is 71.4 cm³/mol. The number of sulfone groups is 1. The summed E-state index contributed by atoms with van der Waals surface area (Å²) in [5.74, 6) is -0.397. The minimum Gasteiger partial charge on any atom is -0.303 e. The topological polar surface area (TPSA) is 51.2 Å². The molecule has 0 saturated heterocycles. The third-order valence-electron chi connectivity index (χ3n) is 3.75. The van der Waals surface area contributed by atoms with Gasteiger partial charge in [-0.25, -0.2) is 8.42 Å². The summed E-state index contributed by atoms with van der Waals surface area (Å²) in [4.78, 5) is 11.0. The maximum absolute atomic E-state index is 11.9. The molecule has 1 fully saturated rings. The van der Waals surface area contributed by atoms with Crippen molar-refractivity contribution >= 4 is 16.1 Å². The lowest BCUT2D eigenvalue weighted by atomic mass is 10.1. The fraction of sp³-hybridized carbons (Fsp3) is 0.500. The van der Waals surface area contributed by atoms with Gasteiger partial charge in [0.05, 0.1) is 5.25 Å². The minimum atomic E-state index is -3.13. The van der Waals surface area contributed by atoms with E-state index in [-0.39, 0.29) is 17.6 Å². The highest BCUT2D eigenvalue weighted by atomic mass is 32.2. The molecule has 0 bridgehead atoms. The summed E-state index contributed by atoms with van der Waals surface area (Å²) >= 11 is 0. The standard InChI is InChI=1S/C14H18O3S/c1-3-10-5-7-11(8-6-10)13-12(9-15)14(13)18(16,17)4-2/h5-9,12-14H,3-4H2,1-2H3/t12-,13+,14+/m0/s1. The van der Waals surface area contributed by atoms with Gasteiger partial charge in [-0.2, -0.15) is 0 Å². The summed E-state index contributed by atoms with van der Waals surface area (Å²) in [6.45, 7) is 3.71. The Morgan fingerprint density at radius 3 is 2.22 bits per heavy atom. The van der Waals surface area contributed by atoms with Gasteiger partial charge in [0.25, 0.3) is 0 Å². The Balaban J connectivity index is 2.26. The van der Waals surface area contributed by atoms with Gasteiger partial charge in [0.15, 0.2) is 9.84 Å². The molecule has 98 valence electrons. The van der Waals surface area contributed by atoms with Crippen LogP contribution >= 0.6 is 0 Å². The highest BCUT2D eigenvalue weighted by Gasteiger charge is 2.57. The average molecular weight is 266 g/mol. The van der Waals surface area contributed by atoms with Crippen molar-refractivity contribution in [2.45, 2.75) is 31.4 Å². The molecule has 1 saturated carbocycles. The highest BCUT2D eigenvalue weighted by Crippen LogP contribution is 2.51. The van der Waals surface area contributed by atoms with Crippen LogP contribution in [-0.2, 0) is 21.1 Å². The van der Waals surface area contributed by atoms with Gasteiger partial charge in [0.2, 0.25) is 0 Å². The number of aryl methyl sites for hydroxylation is 1. The number of rotatable bonds is 5. The summed E-state index contributed by atoms with van der Waals surface area (Å²) in [5.41, 5.74) is 2.18. The SMILES string of the molecule is CCc1ccc([C@@H]2[C@H](C=O)[C@H]2S(=O)(=O)CC)cc1. The van der Waals surface area contributed by atoms with Crippen LogP contribution in [0.2, 0.25) is 0 Å². The van der Waals surface area contributed by atoms with Gasteiger partial charge in [0.1, 0.15) is 6.29 Å². The molecule has 18 heavy (non-hydrogen) atoms. The molecule has 0 heterocycles. The van der Waals surface area contributed by atoms with E-state index < -0.39 is 15.1 Å². The molecule has 4 heteroatoms. The van der Waals surface area contributed by atoms with Crippen molar-refractivity contribution in [3.8, 4) is 0 Å². The van der Waals surface area contributed by atoms with E-state index in [1.807, 2.05) is 24.3 Å². The van der Waals surface area contributed by atoms with Crippen LogP contribution in [0.25, 0.3) is 0 Å². The van der Waals surface area contributed by atoms with Gasteiger partial charge >= 0.3 is 0 Å². The van der Waals surface area contributed by atoms with Crippen molar-refractivity contribution in [3.05, 3.63) is 35.4 Å². The highest BCUT2D eigenvalue weighted by molar-refractivity contribution is 7.92. The van der Waals surface area contributed by atoms with Crippen LogP contribution in [0.1, 0.15) is 30.9 Å². The van der Waals surface area contributed by atoms with Crippen LogP contribution in [-0.4, -0.2) is 25.7 Å². The molecule has 0 radical (unpaired) electrons. The van der Waals surface area contributed by atoms with Crippen molar-refractivity contribution in [2.75, 3.05) is 5.75 Å². The van der Waals surface area contributed by atoms with Gasteiger partial charge < -0.3 is 4.79 Å². The molecule has 0 amide bonds. The third kappa shape index (κ3) is 2.21. The van der Waals surface area contributed by atoms with Gasteiger partial charge in [-0.15, -0.1) is 0 Å². The van der Waals surface area contributed by atoms with Crippen molar-refractivity contribution in [2.24, 2.45) is 5.92 Å². The first-order valence-electron chi connectivity index (χ1n) is 6.30. The van der Waals surface area contributed by atoms with E-state index in [9.17, 15) is 13.2 Å². The zero-order valence-electron chi connectivity index (χ0n) is 10.7. The third-order valence-corrected chi connectivity index (χ3v) is 6.00. The molecule has 0 unspecified atom stereocenters. The normalized spacial score (nSPS) is 26.9. The molecule has 1 aromatic rings. The largest absolute Gasteiger partial charge is 0.303 e. The molecule has 3 atom stereocenters. The molecular formula is C14H18O3S. The first-order valence-corrected chi connectivity index (χ1v) is 8.02. The smallest absolute Gasteiger partial charge is 0.154 e. The van der Waals surface area contributed by atoms with E-state index in [2.05, 4.69) is 6.92 Å². The van der Waals surface area contributed by atoms with E-state index in [1.165, 1.54) is 5.56 Å². The minimum absolute atomic E-state index is 0.103. The van der Waals surface area contributed by atoms with Crippen LogP contribution in [0.4, 0.5) is 0 Å². The van der Waals surface area contributed by atoms with E-state index in [4.69, 9.17) is 0 Å². The quantitative estimate of drug-likeness (QED) is 0.766. The Labute approximate surface area is 108 Å². The van der Waals surface area contributed by atoms with Crippen LogP contribution in [0.3, 0.4) is 0 Å². The second-order valence-corrected chi connectivity index (χ2v) is 7.20. The van der Waals surface area contributed by atoms with Gasteiger partial charge in [-0.1, -0.05) is 38.1 Å². The van der Waals surface area contributed by atoms with Gasteiger partial charge in [0, 0.05) is 17.6 Å². The fourth-order valence-electron chi connectivity index (χ4n) is 2.51. The lowest BCUT2D eigenvalue weighted by Crippen LogP contribution is -2.12. The summed E-state index contributed by atoms with van der Waals surface area (Å²) in [6, 6.07) is 7.91. The summed E-state index contributed by atoms with van der Waals surface area (Å²) in [6.07, 6.45) is 1.75. The van der Waals surface area contributed by atoms with E-state index in [0.717, 1.165) is 18.3 Å². The van der Waals surface area contributed by atoms with Crippen LogP contribution in [0.15, 0.2) is 24.3 Å². The lowest BCUT2D eigenvalue weighted by molar-refractivity contribution is -0.108. The lowest BCUT2D eigenvalue weighted by Gasteiger charge is -2.02. The number of benzene rings is 1. The molecule has 1 aliphatic rings. The van der Waals surface area contributed by atoms with Crippen molar-refractivity contribution in [1.82, 2.24) is 0 Å². The molecular weight excluding hydrogens is 248 g/mol. The zero-order valence-corrected chi connectivity index (χ0v) is 11.5. The molecule has 0 aromatic heterocycles. The second-order valence-electron chi connectivity index (χ2n) is 4.75. The molecule has 1 aromatic carbocycles. The van der Waals surface area contributed by atoms with Crippen molar-refractivity contribution in [1.29, 1.82) is 0 Å². The van der Waals surface area contributed by atoms with E-state index in [1.54, 1.807) is 6.92 Å². The van der Waals surface area contributed by atoms with Crippen molar-refractivity contribution < 1.29 is 13.2 Å². The Bertz CT molecular complexity index is 531.